The Bertz CT molecular complexity index is 532. The zero-order valence-corrected chi connectivity index (χ0v) is 12.3. The first-order valence-electron chi connectivity index (χ1n) is 7.28. The molecule has 1 N–H and O–H groups in total. The average molecular weight is 288 g/mol. The van der Waals surface area contributed by atoms with Gasteiger partial charge in [0.15, 0.2) is 0 Å². The summed E-state index contributed by atoms with van der Waals surface area (Å²) < 4.78 is 5.77. The van der Waals surface area contributed by atoms with Gasteiger partial charge in [0.2, 0.25) is 0 Å². The van der Waals surface area contributed by atoms with Crippen molar-refractivity contribution >= 4 is 11.3 Å². The number of hydrogen-bond acceptors (Lipinski definition) is 3. The van der Waals surface area contributed by atoms with Gasteiger partial charge in [0.25, 0.3) is 0 Å². The first-order chi connectivity index (χ1) is 9.81. The van der Waals surface area contributed by atoms with Gasteiger partial charge in [-0.1, -0.05) is 18.2 Å². The van der Waals surface area contributed by atoms with Crippen molar-refractivity contribution in [3.8, 4) is 5.75 Å². The molecule has 20 heavy (non-hydrogen) atoms. The molecular formula is C17H20O2S. The quantitative estimate of drug-likeness (QED) is 0.821. The molecule has 1 aromatic heterocycles. The Hall–Kier alpha value is -1.32. The molecule has 1 aliphatic rings. The number of thiophene rings is 1. The molecule has 1 unspecified atom stereocenters. The fourth-order valence-electron chi connectivity index (χ4n) is 2.26. The predicted molar refractivity (Wildman–Crippen MR) is 82.3 cm³/mol. The maximum atomic E-state index is 10.3. The standard InChI is InChI=1S/C17H20O2S/c18-17(8-2-6-16-7-3-11-20-16)13-4-1-5-15(12-13)19-14-9-10-14/h1,3-5,7,11-12,14,17-18H,2,6,8-10H2. The van der Waals surface area contributed by atoms with E-state index < -0.39 is 6.10 Å². The van der Waals surface area contributed by atoms with Crippen molar-refractivity contribution in [2.75, 3.05) is 0 Å². The number of rotatable bonds is 7. The van der Waals surface area contributed by atoms with Gasteiger partial charge in [-0.05, 0) is 61.2 Å². The van der Waals surface area contributed by atoms with E-state index in [1.807, 2.05) is 24.3 Å². The van der Waals surface area contributed by atoms with E-state index in [1.54, 1.807) is 11.3 Å². The van der Waals surface area contributed by atoms with Crippen molar-refractivity contribution in [3.05, 3.63) is 52.2 Å². The lowest BCUT2D eigenvalue weighted by molar-refractivity contribution is 0.164. The van der Waals surface area contributed by atoms with Crippen LogP contribution in [-0.4, -0.2) is 11.2 Å². The zero-order chi connectivity index (χ0) is 13.8. The second-order valence-corrected chi connectivity index (χ2v) is 6.41. The van der Waals surface area contributed by atoms with Crippen LogP contribution in [0.25, 0.3) is 0 Å². The normalized spacial score (nSPS) is 16.1. The van der Waals surface area contributed by atoms with Gasteiger partial charge in [-0.3, -0.25) is 0 Å². The van der Waals surface area contributed by atoms with Crippen molar-refractivity contribution in [3.63, 3.8) is 0 Å². The monoisotopic (exact) mass is 288 g/mol. The number of hydrogen-bond donors (Lipinski definition) is 1. The van der Waals surface area contributed by atoms with Crippen LogP contribution in [-0.2, 0) is 6.42 Å². The van der Waals surface area contributed by atoms with Crippen LogP contribution in [0.5, 0.6) is 5.75 Å². The van der Waals surface area contributed by atoms with E-state index in [2.05, 4.69) is 17.5 Å². The first-order valence-corrected chi connectivity index (χ1v) is 8.16. The molecule has 3 rings (SSSR count). The Morgan fingerprint density at radius 1 is 1.25 bits per heavy atom. The third kappa shape index (κ3) is 3.84. The highest BCUT2D eigenvalue weighted by atomic mass is 32.1. The van der Waals surface area contributed by atoms with Gasteiger partial charge in [0.1, 0.15) is 5.75 Å². The van der Waals surface area contributed by atoms with E-state index in [-0.39, 0.29) is 0 Å². The minimum Gasteiger partial charge on any atom is -0.490 e. The predicted octanol–water partition coefficient (Wildman–Crippen LogP) is 4.35. The van der Waals surface area contributed by atoms with Crippen molar-refractivity contribution in [1.82, 2.24) is 0 Å². The van der Waals surface area contributed by atoms with E-state index in [1.165, 1.54) is 4.88 Å². The van der Waals surface area contributed by atoms with E-state index in [4.69, 9.17) is 4.74 Å². The Balaban J connectivity index is 1.51. The topological polar surface area (TPSA) is 29.5 Å². The van der Waals surface area contributed by atoms with Crippen molar-refractivity contribution in [2.45, 2.75) is 44.3 Å². The maximum absolute atomic E-state index is 10.3. The van der Waals surface area contributed by atoms with E-state index in [9.17, 15) is 5.11 Å². The van der Waals surface area contributed by atoms with Crippen LogP contribution in [0.4, 0.5) is 0 Å². The van der Waals surface area contributed by atoms with Gasteiger partial charge in [-0.25, -0.2) is 0 Å². The number of aliphatic hydroxyl groups excluding tert-OH is 1. The smallest absolute Gasteiger partial charge is 0.120 e. The fourth-order valence-corrected chi connectivity index (χ4v) is 3.02. The summed E-state index contributed by atoms with van der Waals surface area (Å²) in [6, 6.07) is 12.1. The van der Waals surface area contributed by atoms with Crippen LogP contribution in [0.15, 0.2) is 41.8 Å². The summed E-state index contributed by atoms with van der Waals surface area (Å²) in [5.74, 6) is 0.891. The summed E-state index contributed by atoms with van der Waals surface area (Å²) in [4.78, 5) is 1.39. The van der Waals surface area contributed by atoms with E-state index in [0.717, 1.165) is 43.4 Å². The van der Waals surface area contributed by atoms with E-state index in [0.29, 0.717) is 6.10 Å². The summed E-state index contributed by atoms with van der Waals surface area (Å²) in [5, 5.41) is 12.4. The van der Waals surface area contributed by atoms with Gasteiger partial charge >= 0.3 is 0 Å². The molecule has 1 aliphatic carbocycles. The van der Waals surface area contributed by atoms with Crippen LogP contribution in [0.1, 0.15) is 42.2 Å². The van der Waals surface area contributed by atoms with Gasteiger partial charge in [0.05, 0.1) is 12.2 Å². The van der Waals surface area contributed by atoms with Crippen molar-refractivity contribution in [2.24, 2.45) is 0 Å². The molecule has 0 saturated heterocycles. The van der Waals surface area contributed by atoms with Crippen LogP contribution in [0.3, 0.4) is 0 Å². The lowest BCUT2D eigenvalue weighted by Gasteiger charge is -2.12. The van der Waals surface area contributed by atoms with Crippen molar-refractivity contribution in [1.29, 1.82) is 0 Å². The molecule has 3 heteroatoms. The second kappa shape index (κ2) is 6.42. The molecular weight excluding hydrogens is 268 g/mol. The molecule has 2 nitrogen and oxygen atoms in total. The molecule has 0 aliphatic heterocycles. The summed E-state index contributed by atoms with van der Waals surface area (Å²) in [5.41, 5.74) is 0.967. The third-order valence-corrected chi connectivity index (χ3v) is 4.49. The summed E-state index contributed by atoms with van der Waals surface area (Å²) in [6.07, 6.45) is 5.19. The first kappa shape index (κ1) is 13.7. The Morgan fingerprint density at radius 2 is 2.15 bits per heavy atom. The van der Waals surface area contributed by atoms with Gasteiger partial charge in [-0.2, -0.15) is 0 Å². The van der Waals surface area contributed by atoms with Gasteiger partial charge in [-0.15, -0.1) is 11.3 Å². The lowest BCUT2D eigenvalue weighted by Crippen LogP contribution is -2.00. The van der Waals surface area contributed by atoms with Crippen LogP contribution in [0.2, 0.25) is 0 Å². The lowest BCUT2D eigenvalue weighted by atomic mass is 10.0. The van der Waals surface area contributed by atoms with Gasteiger partial charge < -0.3 is 9.84 Å². The molecule has 2 aromatic rings. The Kier molecular flexibility index (Phi) is 4.38. The SMILES string of the molecule is OC(CCCc1cccs1)c1cccc(OC2CC2)c1. The molecule has 0 spiro atoms. The highest BCUT2D eigenvalue weighted by Crippen LogP contribution is 2.29. The molecule has 1 heterocycles. The van der Waals surface area contributed by atoms with Crippen LogP contribution < -0.4 is 4.74 Å². The molecule has 0 radical (unpaired) electrons. The molecule has 0 amide bonds. The molecule has 0 bridgehead atoms. The molecule has 1 saturated carbocycles. The fraction of sp³-hybridized carbons (Fsp3) is 0.412. The van der Waals surface area contributed by atoms with Crippen LogP contribution in [0, 0.1) is 0 Å². The Labute approximate surface area is 124 Å². The maximum Gasteiger partial charge on any atom is 0.120 e. The summed E-state index contributed by atoms with van der Waals surface area (Å²) in [7, 11) is 0. The molecule has 1 aromatic carbocycles. The highest BCUT2D eigenvalue weighted by Gasteiger charge is 2.23. The van der Waals surface area contributed by atoms with E-state index >= 15 is 0 Å². The Morgan fingerprint density at radius 3 is 2.90 bits per heavy atom. The third-order valence-electron chi connectivity index (χ3n) is 3.55. The van der Waals surface area contributed by atoms with Crippen molar-refractivity contribution < 1.29 is 9.84 Å². The number of benzene rings is 1. The highest BCUT2D eigenvalue weighted by molar-refractivity contribution is 7.09. The van der Waals surface area contributed by atoms with Gasteiger partial charge in [0, 0.05) is 4.88 Å². The minimum atomic E-state index is -0.391. The van der Waals surface area contributed by atoms with Crippen LogP contribution >= 0.6 is 11.3 Å². The summed E-state index contributed by atoms with van der Waals surface area (Å²) in [6.45, 7) is 0. The largest absolute Gasteiger partial charge is 0.490 e. The average Bonchev–Trinajstić information content (AvgIpc) is 3.12. The second-order valence-electron chi connectivity index (χ2n) is 5.38. The molecule has 1 fully saturated rings. The number of aryl methyl sites for hydroxylation is 1. The minimum absolute atomic E-state index is 0.391. The number of aliphatic hydroxyl groups is 1. The molecule has 106 valence electrons. The summed E-state index contributed by atoms with van der Waals surface area (Å²) >= 11 is 1.78. The zero-order valence-electron chi connectivity index (χ0n) is 11.5. The molecule has 1 atom stereocenters. The number of ether oxygens (including phenoxy) is 1.